The summed E-state index contributed by atoms with van der Waals surface area (Å²) in [6.07, 6.45) is 11.0. The first kappa shape index (κ1) is 17.3. The average Bonchev–Trinajstić information content (AvgIpc) is 2.54. The van der Waals surface area contributed by atoms with Gasteiger partial charge in [0.05, 0.1) is 0 Å². The predicted molar refractivity (Wildman–Crippen MR) is 97.3 cm³/mol. The molecule has 0 aromatic heterocycles. The molecule has 1 heterocycles. The van der Waals surface area contributed by atoms with Crippen LogP contribution in [0.2, 0.25) is 0 Å². The number of fused-ring (bicyclic) bond motifs is 1. The summed E-state index contributed by atoms with van der Waals surface area (Å²) >= 11 is 0. The third-order valence-electron chi connectivity index (χ3n) is 5.00. The number of rotatable bonds is 3. The van der Waals surface area contributed by atoms with Gasteiger partial charge in [-0.3, -0.25) is 4.79 Å². The maximum atomic E-state index is 12.7. The molecule has 1 aromatic carbocycles. The number of hydrogen-bond donors (Lipinski definition) is 2. The number of phenolic OH excluding ortho intramolecular Hbond substituents is 2. The summed E-state index contributed by atoms with van der Waals surface area (Å²) in [4.78, 5) is 12.7. The Morgan fingerprint density at radius 1 is 1.36 bits per heavy atom. The number of ketones is 1. The Labute approximate surface area is 148 Å². The van der Waals surface area contributed by atoms with Crippen LogP contribution >= 0.6 is 0 Å². The lowest BCUT2D eigenvalue weighted by atomic mass is 9.75. The van der Waals surface area contributed by atoms with Gasteiger partial charge >= 0.3 is 0 Å². The van der Waals surface area contributed by atoms with Crippen LogP contribution in [-0.2, 0) is 6.42 Å². The van der Waals surface area contributed by atoms with Gasteiger partial charge in [0.1, 0.15) is 28.9 Å². The van der Waals surface area contributed by atoms with E-state index in [0.29, 0.717) is 12.0 Å². The molecule has 25 heavy (non-hydrogen) atoms. The zero-order valence-electron chi connectivity index (χ0n) is 14.9. The Hall–Kier alpha value is -2.49. The molecule has 2 atom stereocenters. The van der Waals surface area contributed by atoms with E-state index in [9.17, 15) is 15.0 Å². The highest BCUT2D eigenvalue weighted by Gasteiger charge is 2.40. The van der Waals surface area contributed by atoms with Crippen LogP contribution in [-0.4, -0.2) is 22.1 Å². The molecule has 1 aliphatic heterocycles. The van der Waals surface area contributed by atoms with E-state index in [1.165, 1.54) is 6.07 Å². The Balaban J connectivity index is 1.98. The molecule has 0 spiro atoms. The van der Waals surface area contributed by atoms with E-state index in [2.05, 4.69) is 19.1 Å². The van der Waals surface area contributed by atoms with E-state index >= 15 is 0 Å². The molecule has 0 saturated carbocycles. The molecular formula is C21H24O4. The maximum Gasteiger partial charge on any atom is 0.174 e. The fourth-order valence-electron chi connectivity index (χ4n) is 3.36. The molecule has 4 heteroatoms. The van der Waals surface area contributed by atoms with Crippen molar-refractivity contribution in [2.24, 2.45) is 5.41 Å². The van der Waals surface area contributed by atoms with E-state index in [4.69, 9.17) is 4.74 Å². The fourth-order valence-corrected chi connectivity index (χ4v) is 3.36. The third kappa shape index (κ3) is 3.21. The summed E-state index contributed by atoms with van der Waals surface area (Å²) < 4.78 is 6.05. The van der Waals surface area contributed by atoms with Crippen molar-refractivity contribution in [3.63, 3.8) is 0 Å². The van der Waals surface area contributed by atoms with Crippen LogP contribution in [0.3, 0.4) is 0 Å². The average molecular weight is 340 g/mol. The molecular weight excluding hydrogens is 316 g/mol. The van der Waals surface area contributed by atoms with Crippen molar-refractivity contribution in [2.45, 2.75) is 46.1 Å². The Kier molecular flexibility index (Phi) is 4.46. The molecule has 2 aliphatic rings. The summed E-state index contributed by atoms with van der Waals surface area (Å²) in [5.74, 6) is -0.0978. The highest BCUT2D eigenvalue weighted by Crippen LogP contribution is 2.46. The normalized spacial score (nSPS) is 24.6. The number of allylic oxidation sites excluding steroid dienone is 5. The van der Waals surface area contributed by atoms with Gasteiger partial charge in [0, 0.05) is 23.5 Å². The molecule has 0 amide bonds. The van der Waals surface area contributed by atoms with Crippen LogP contribution in [0.4, 0.5) is 0 Å². The van der Waals surface area contributed by atoms with E-state index in [1.807, 2.05) is 32.1 Å². The number of benzene rings is 1. The first-order valence-corrected chi connectivity index (χ1v) is 8.57. The molecule has 132 valence electrons. The zero-order chi connectivity index (χ0) is 18.2. The molecule has 1 aromatic rings. The Morgan fingerprint density at radius 2 is 2.12 bits per heavy atom. The van der Waals surface area contributed by atoms with Gasteiger partial charge in [-0.15, -0.1) is 0 Å². The van der Waals surface area contributed by atoms with E-state index in [1.54, 1.807) is 0 Å². The number of phenols is 2. The van der Waals surface area contributed by atoms with Gasteiger partial charge in [-0.05, 0) is 26.7 Å². The van der Waals surface area contributed by atoms with Crippen LogP contribution in [0.1, 0.15) is 49.5 Å². The SMILES string of the molecule is CC(C)=CCc1c(O)cc2c(c1O)C(=O)C[C@@H](C1(C)C=CC=CC1)O2. The molecule has 4 nitrogen and oxygen atoms in total. The number of aromatic hydroxyl groups is 2. The summed E-state index contributed by atoms with van der Waals surface area (Å²) in [6.45, 7) is 5.94. The topological polar surface area (TPSA) is 66.8 Å². The quantitative estimate of drug-likeness (QED) is 0.797. The van der Waals surface area contributed by atoms with Crippen molar-refractivity contribution < 1.29 is 19.7 Å². The highest BCUT2D eigenvalue weighted by molar-refractivity contribution is 6.03. The van der Waals surface area contributed by atoms with Crippen molar-refractivity contribution in [3.8, 4) is 17.2 Å². The van der Waals surface area contributed by atoms with Crippen molar-refractivity contribution >= 4 is 5.78 Å². The fraction of sp³-hybridized carbons (Fsp3) is 0.381. The monoisotopic (exact) mass is 340 g/mol. The zero-order valence-corrected chi connectivity index (χ0v) is 14.9. The van der Waals surface area contributed by atoms with Crippen molar-refractivity contribution in [2.75, 3.05) is 0 Å². The molecule has 2 N–H and O–H groups in total. The largest absolute Gasteiger partial charge is 0.507 e. The highest BCUT2D eigenvalue weighted by atomic mass is 16.5. The first-order valence-electron chi connectivity index (χ1n) is 8.57. The standard InChI is InChI=1S/C21H24O4/c1-13(2)7-8-14-15(22)11-17-19(20(14)24)16(23)12-18(25-17)21(3)9-5-4-6-10-21/h4-7,9,11,18,22,24H,8,10,12H2,1-3H3/t18-,21?/m0/s1. The Bertz CT molecular complexity index is 797. The van der Waals surface area contributed by atoms with E-state index in [-0.39, 0.29) is 46.5 Å². The van der Waals surface area contributed by atoms with Crippen molar-refractivity contribution in [1.29, 1.82) is 0 Å². The second-order valence-electron chi connectivity index (χ2n) is 7.31. The number of carbonyl (C=O) groups excluding carboxylic acids is 1. The van der Waals surface area contributed by atoms with Gasteiger partial charge in [0.2, 0.25) is 0 Å². The minimum absolute atomic E-state index is 0.0496. The molecule has 0 fully saturated rings. The maximum absolute atomic E-state index is 12.7. The molecule has 0 bridgehead atoms. The first-order chi connectivity index (χ1) is 11.8. The molecule has 0 radical (unpaired) electrons. The lowest BCUT2D eigenvalue weighted by Crippen LogP contribution is -2.40. The summed E-state index contributed by atoms with van der Waals surface area (Å²) in [5.41, 5.74) is 1.34. The van der Waals surface area contributed by atoms with Gasteiger partial charge < -0.3 is 14.9 Å². The van der Waals surface area contributed by atoms with Gasteiger partial charge in [-0.1, -0.05) is 42.9 Å². The van der Waals surface area contributed by atoms with Gasteiger partial charge in [0.15, 0.2) is 5.78 Å². The van der Waals surface area contributed by atoms with Crippen LogP contribution < -0.4 is 4.74 Å². The summed E-state index contributed by atoms with van der Waals surface area (Å²) in [7, 11) is 0. The van der Waals surface area contributed by atoms with Crippen LogP contribution in [0.25, 0.3) is 0 Å². The van der Waals surface area contributed by atoms with Gasteiger partial charge in [0.25, 0.3) is 0 Å². The number of Topliss-reactive ketones (excluding diaryl/α,β-unsaturated/α-hetero) is 1. The minimum atomic E-state index is -0.323. The van der Waals surface area contributed by atoms with E-state index < -0.39 is 0 Å². The van der Waals surface area contributed by atoms with Gasteiger partial charge in [-0.25, -0.2) is 0 Å². The van der Waals surface area contributed by atoms with Crippen molar-refractivity contribution in [3.05, 3.63) is 53.1 Å². The molecule has 1 unspecified atom stereocenters. The predicted octanol–water partition coefficient (Wildman–Crippen LogP) is 4.46. The van der Waals surface area contributed by atoms with Crippen molar-refractivity contribution in [1.82, 2.24) is 0 Å². The smallest absolute Gasteiger partial charge is 0.174 e. The molecule has 1 aliphatic carbocycles. The second kappa shape index (κ2) is 6.43. The second-order valence-corrected chi connectivity index (χ2v) is 7.31. The lowest BCUT2D eigenvalue weighted by Gasteiger charge is -2.38. The molecule has 0 saturated heterocycles. The Morgan fingerprint density at radius 3 is 2.76 bits per heavy atom. The number of carbonyl (C=O) groups is 1. The summed E-state index contributed by atoms with van der Waals surface area (Å²) in [5, 5.41) is 20.8. The van der Waals surface area contributed by atoms with E-state index in [0.717, 1.165) is 12.0 Å². The lowest BCUT2D eigenvalue weighted by molar-refractivity contribution is 0.0580. The number of ether oxygens (including phenoxy) is 1. The van der Waals surface area contributed by atoms with Crippen LogP contribution in [0.5, 0.6) is 17.2 Å². The van der Waals surface area contributed by atoms with Crippen LogP contribution in [0, 0.1) is 5.41 Å². The van der Waals surface area contributed by atoms with Gasteiger partial charge in [-0.2, -0.15) is 0 Å². The summed E-state index contributed by atoms with van der Waals surface area (Å²) in [6, 6.07) is 1.46. The molecule has 3 rings (SSSR count). The number of hydrogen-bond acceptors (Lipinski definition) is 4. The van der Waals surface area contributed by atoms with Crippen LogP contribution in [0.15, 0.2) is 42.0 Å². The minimum Gasteiger partial charge on any atom is -0.507 e. The third-order valence-corrected chi connectivity index (χ3v) is 5.00.